The van der Waals surface area contributed by atoms with Crippen LogP contribution in [-0.4, -0.2) is 18.0 Å². The molecule has 1 rings (SSSR count). The van der Waals surface area contributed by atoms with Gasteiger partial charge >= 0.3 is 0 Å². The van der Waals surface area contributed by atoms with Gasteiger partial charge in [0.05, 0.1) is 13.1 Å². The minimum atomic E-state index is -0.393. The molecule has 0 fully saturated rings. The number of carbonyl (C=O) groups excluding carboxylic acids is 1. The minimum absolute atomic E-state index is 0.109. The van der Waals surface area contributed by atoms with Crippen LogP contribution in [0.1, 0.15) is 24.2 Å². The van der Waals surface area contributed by atoms with Crippen LogP contribution in [0.2, 0.25) is 0 Å². The summed E-state index contributed by atoms with van der Waals surface area (Å²) in [5.41, 5.74) is 6.01. The number of carbonyl (C=O) groups is 1. The van der Waals surface area contributed by atoms with E-state index in [1.54, 1.807) is 6.07 Å². The van der Waals surface area contributed by atoms with Crippen molar-refractivity contribution in [1.29, 1.82) is 0 Å². The first-order chi connectivity index (χ1) is 6.79. The first-order valence-corrected chi connectivity index (χ1v) is 6.72. The molecule has 0 aliphatic heterocycles. The molecule has 0 bridgehead atoms. The fraction of sp³-hybridized carbons (Fsp3) is 0.444. The van der Waals surface area contributed by atoms with Gasteiger partial charge in [0, 0.05) is 12.1 Å². The average molecular weight is 356 g/mol. The molecule has 0 saturated heterocycles. The molecule has 0 radical (unpaired) electrons. The number of thiophene rings is 1. The summed E-state index contributed by atoms with van der Waals surface area (Å²) in [4.78, 5) is 11.7. The molecular weight excluding hydrogens is 344 g/mol. The van der Waals surface area contributed by atoms with Crippen molar-refractivity contribution in [2.45, 2.75) is 19.4 Å². The Balaban J connectivity index is 2.66. The van der Waals surface area contributed by atoms with E-state index in [0.717, 1.165) is 7.57 Å². The van der Waals surface area contributed by atoms with E-state index in [0.29, 0.717) is 12.1 Å². The van der Waals surface area contributed by atoms with Crippen molar-refractivity contribution >= 4 is 49.1 Å². The summed E-state index contributed by atoms with van der Waals surface area (Å²) in [6.45, 7) is 4.18. The van der Waals surface area contributed by atoms with E-state index >= 15 is 0 Å². The van der Waals surface area contributed by atoms with Crippen molar-refractivity contribution in [2.75, 3.05) is 6.54 Å². The number of hydrogen-bond donors (Lipinski definition) is 2. The predicted octanol–water partition coefficient (Wildman–Crippen LogP) is 2.74. The molecule has 1 aromatic heterocycles. The van der Waals surface area contributed by atoms with Gasteiger partial charge in [0.15, 0.2) is 0 Å². The van der Waals surface area contributed by atoms with Crippen LogP contribution in [0.5, 0.6) is 0 Å². The van der Waals surface area contributed by atoms with Gasteiger partial charge in [0.25, 0.3) is 5.91 Å². The van der Waals surface area contributed by atoms with E-state index in [4.69, 9.17) is 5.73 Å². The van der Waals surface area contributed by atoms with Crippen molar-refractivity contribution in [3.8, 4) is 0 Å². The van der Waals surface area contributed by atoms with E-state index < -0.39 is 5.54 Å². The highest BCUT2D eigenvalue weighted by atomic mass is 79.9. The highest BCUT2D eigenvalue weighted by molar-refractivity contribution is 9.12. The Morgan fingerprint density at radius 1 is 1.60 bits per heavy atom. The molecular formula is C9H12Br2N2OS. The molecule has 0 spiro atoms. The van der Waals surface area contributed by atoms with Crippen LogP contribution in [0.15, 0.2) is 13.6 Å². The lowest BCUT2D eigenvalue weighted by atomic mass is 10.1. The maximum Gasteiger partial charge on any atom is 0.253 e. The second-order valence-electron chi connectivity index (χ2n) is 3.91. The monoisotopic (exact) mass is 354 g/mol. The second kappa shape index (κ2) is 4.95. The van der Waals surface area contributed by atoms with Gasteiger partial charge in [-0.05, 0) is 51.8 Å². The Morgan fingerprint density at radius 3 is 2.60 bits per heavy atom. The molecule has 0 unspecified atom stereocenters. The largest absolute Gasteiger partial charge is 0.350 e. The van der Waals surface area contributed by atoms with Crippen molar-refractivity contribution in [3.63, 3.8) is 0 Å². The molecule has 15 heavy (non-hydrogen) atoms. The Bertz CT molecular complexity index is 371. The lowest BCUT2D eigenvalue weighted by Gasteiger charge is -2.18. The third-order valence-corrected chi connectivity index (χ3v) is 3.95. The van der Waals surface area contributed by atoms with E-state index in [-0.39, 0.29) is 5.91 Å². The molecule has 1 heterocycles. The zero-order valence-electron chi connectivity index (χ0n) is 8.43. The third kappa shape index (κ3) is 4.22. The maximum atomic E-state index is 11.7. The Labute approximate surface area is 110 Å². The molecule has 1 amide bonds. The van der Waals surface area contributed by atoms with E-state index in [1.165, 1.54) is 11.3 Å². The van der Waals surface area contributed by atoms with Crippen molar-refractivity contribution in [2.24, 2.45) is 5.73 Å². The highest BCUT2D eigenvalue weighted by Gasteiger charge is 2.16. The number of nitrogens with one attached hydrogen (secondary N) is 1. The van der Waals surface area contributed by atoms with Crippen LogP contribution in [-0.2, 0) is 0 Å². The van der Waals surface area contributed by atoms with E-state index in [9.17, 15) is 4.79 Å². The van der Waals surface area contributed by atoms with Gasteiger partial charge in [-0.25, -0.2) is 0 Å². The molecule has 0 aliphatic rings. The topological polar surface area (TPSA) is 55.1 Å². The van der Waals surface area contributed by atoms with Gasteiger partial charge < -0.3 is 11.1 Å². The number of halogens is 2. The van der Waals surface area contributed by atoms with Crippen LogP contribution < -0.4 is 11.1 Å². The summed E-state index contributed by atoms with van der Waals surface area (Å²) in [5.74, 6) is -0.109. The van der Waals surface area contributed by atoms with Gasteiger partial charge in [-0.3, -0.25) is 4.79 Å². The summed E-state index contributed by atoms with van der Waals surface area (Å²) in [6.07, 6.45) is 0. The first kappa shape index (κ1) is 13.2. The quantitative estimate of drug-likeness (QED) is 0.875. The summed E-state index contributed by atoms with van der Waals surface area (Å²) < 4.78 is 1.74. The lowest BCUT2D eigenvalue weighted by Crippen LogP contribution is -2.45. The molecule has 3 N–H and O–H groups in total. The molecule has 0 aliphatic carbocycles. The summed E-state index contributed by atoms with van der Waals surface area (Å²) in [5, 5.41) is 2.78. The summed E-state index contributed by atoms with van der Waals surface area (Å²) >= 11 is 8.13. The molecule has 3 nitrogen and oxygen atoms in total. The van der Waals surface area contributed by atoms with Crippen molar-refractivity contribution in [1.82, 2.24) is 5.32 Å². The van der Waals surface area contributed by atoms with Gasteiger partial charge in [-0.15, -0.1) is 11.3 Å². The normalized spacial score (nSPS) is 11.5. The maximum absolute atomic E-state index is 11.7. The smallest absolute Gasteiger partial charge is 0.253 e. The number of amides is 1. The van der Waals surface area contributed by atoms with Crippen LogP contribution >= 0.6 is 43.2 Å². The molecule has 1 aromatic rings. The Kier molecular flexibility index (Phi) is 4.34. The first-order valence-electron chi connectivity index (χ1n) is 4.31. The zero-order chi connectivity index (χ0) is 11.6. The predicted molar refractivity (Wildman–Crippen MR) is 70.3 cm³/mol. The average Bonchev–Trinajstić information content (AvgIpc) is 2.40. The Morgan fingerprint density at radius 2 is 2.20 bits per heavy atom. The summed E-state index contributed by atoms with van der Waals surface area (Å²) in [6, 6.07) is 1.79. The third-order valence-electron chi connectivity index (χ3n) is 1.61. The fourth-order valence-corrected chi connectivity index (χ4v) is 3.69. The zero-order valence-corrected chi connectivity index (χ0v) is 12.4. The van der Waals surface area contributed by atoms with Gasteiger partial charge in [-0.2, -0.15) is 0 Å². The van der Waals surface area contributed by atoms with Crippen LogP contribution in [0.25, 0.3) is 0 Å². The molecule has 84 valence electrons. The van der Waals surface area contributed by atoms with Gasteiger partial charge in [0.1, 0.15) is 0 Å². The van der Waals surface area contributed by atoms with Crippen molar-refractivity contribution < 1.29 is 4.79 Å². The lowest BCUT2D eigenvalue weighted by molar-refractivity contribution is 0.0946. The fourth-order valence-electron chi connectivity index (χ4n) is 0.898. The molecule has 6 heteroatoms. The number of rotatable bonds is 3. The Hall–Kier alpha value is 0.0900. The van der Waals surface area contributed by atoms with Crippen LogP contribution in [0, 0.1) is 0 Å². The van der Waals surface area contributed by atoms with Crippen molar-refractivity contribution in [3.05, 3.63) is 19.2 Å². The second-order valence-corrected chi connectivity index (χ2v) is 7.66. The minimum Gasteiger partial charge on any atom is -0.350 e. The van der Waals surface area contributed by atoms with Gasteiger partial charge in [0.2, 0.25) is 0 Å². The number of nitrogens with two attached hydrogens (primary N) is 1. The summed E-state index contributed by atoms with van der Waals surface area (Å²) in [7, 11) is 0. The van der Waals surface area contributed by atoms with E-state index in [1.807, 2.05) is 13.8 Å². The van der Waals surface area contributed by atoms with Gasteiger partial charge in [-0.1, -0.05) is 0 Å². The van der Waals surface area contributed by atoms with E-state index in [2.05, 4.69) is 37.2 Å². The standard InChI is InChI=1S/C9H12Br2N2OS/c1-9(2,12)4-13-8(14)5-3-6(10)15-7(5)11/h3H,4,12H2,1-2H3,(H,13,14). The molecule has 0 atom stereocenters. The molecule has 0 aromatic carbocycles. The highest BCUT2D eigenvalue weighted by Crippen LogP contribution is 2.31. The SMILES string of the molecule is CC(C)(N)CNC(=O)c1cc(Br)sc1Br. The van der Waals surface area contributed by atoms with Crippen LogP contribution in [0.4, 0.5) is 0 Å². The van der Waals surface area contributed by atoms with Crippen LogP contribution in [0.3, 0.4) is 0 Å². The molecule has 0 saturated carbocycles. The number of hydrogen-bond acceptors (Lipinski definition) is 3.